The van der Waals surface area contributed by atoms with Crippen molar-refractivity contribution >= 4 is 0 Å². The van der Waals surface area contributed by atoms with Crippen LogP contribution in [0.4, 0.5) is 0 Å². The average Bonchev–Trinajstić information content (AvgIpc) is 3.16. The van der Waals surface area contributed by atoms with Crippen LogP contribution in [-0.2, 0) is 24.7 Å². The van der Waals surface area contributed by atoms with Crippen LogP contribution < -0.4 is 5.32 Å². The maximum Gasteiger partial charge on any atom is 0.134 e. The molecule has 3 heteroatoms. The highest BCUT2D eigenvalue weighted by Crippen LogP contribution is 2.46. The largest absolute Gasteiger partial charge is 0.312 e. The van der Waals surface area contributed by atoms with Crippen molar-refractivity contribution in [2.24, 2.45) is 0 Å². The van der Waals surface area contributed by atoms with Crippen LogP contribution in [0, 0.1) is 0 Å². The van der Waals surface area contributed by atoms with Gasteiger partial charge in [-0.05, 0) is 65.0 Å². The predicted molar refractivity (Wildman–Crippen MR) is 88.8 cm³/mol. The molecule has 1 aliphatic carbocycles. The molecule has 0 bridgehead atoms. The van der Waals surface area contributed by atoms with Crippen molar-refractivity contribution in [1.82, 2.24) is 15.3 Å². The number of hydrogen-bond acceptors (Lipinski definition) is 3. The number of nitrogens with one attached hydrogen (secondary N) is 1. The van der Waals surface area contributed by atoms with E-state index in [4.69, 9.17) is 9.97 Å². The van der Waals surface area contributed by atoms with E-state index in [1.165, 1.54) is 29.8 Å². The van der Waals surface area contributed by atoms with Crippen LogP contribution in [0.25, 0.3) is 0 Å². The lowest BCUT2D eigenvalue weighted by Crippen LogP contribution is -2.37. The Morgan fingerprint density at radius 2 is 1.57 bits per heavy atom. The molecule has 0 aliphatic heterocycles. The smallest absolute Gasteiger partial charge is 0.134 e. The van der Waals surface area contributed by atoms with Crippen molar-refractivity contribution in [2.75, 3.05) is 6.54 Å². The van der Waals surface area contributed by atoms with E-state index in [1.807, 2.05) is 0 Å². The zero-order chi connectivity index (χ0) is 15.7. The van der Waals surface area contributed by atoms with Gasteiger partial charge in [0.15, 0.2) is 0 Å². The summed E-state index contributed by atoms with van der Waals surface area (Å²) in [6.07, 6.45) is 5.52. The van der Waals surface area contributed by atoms with Gasteiger partial charge in [-0.2, -0.15) is 0 Å². The molecule has 1 heterocycles. The summed E-state index contributed by atoms with van der Waals surface area (Å²) >= 11 is 0. The molecule has 1 aliphatic rings. The van der Waals surface area contributed by atoms with E-state index in [2.05, 4.69) is 46.9 Å². The molecule has 3 nitrogen and oxygen atoms in total. The molecule has 1 aromatic heterocycles. The van der Waals surface area contributed by atoms with Crippen LogP contribution in [-0.4, -0.2) is 22.1 Å². The second-order valence-corrected chi connectivity index (χ2v) is 7.61. The molecular weight excluding hydrogens is 258 g/mol. The summed E-state index contributed by atoms with van der Waals surface area (Å²) in [6.45, 7) is 14.3. The Morgan fingerprint density at radius 1 is 1.05 bits per heavy atom. The number of nitrogens with zero attached hydrogens (tertiary/aromatic N) is 2. The molecule has 0 saturated heterocycles. The van der Waals surface area contributed by atoms with Gasteiger partial charge in [-0.3, -0.25) is 0 Å². The molecule has 1 saturated carbocycles. The average molecular weight is 289 g/mol. The number of aromatic nitrogens is 2. The summed E-state index contributed by atoms with van der Waals surface area (Å²) in [4.78, 5) is 9.82. The van der Waals surface area contributed by atoms with E-state index in [1.54, 1.807) is 0 Å². The highest BCUT2D eigenvalue weighted by Gasteiger charge is 2.42. The highest BCUT2D eigenvalue weighted by molar-refractivity contribution is 5.30. The number of hydrogen-bond donors (Lipinski definition) is 1. The van der Waals surface area contributed by atoms with Crippen molar-refractivity contribution in [3.63, 3.8) is 0 Å². The maximum atomic E-state index is 4.91. The third kappa shape index (κ3) is 4.03. The van der Waals surface area contributed by atoms with E-state index in [0.717, 1.165) is 31.6 Å². The standard InChI is InChI=1S/C18H31N3/c1-7-14-13(9-12-19-17(3,4)5)15(8-2)21-16(20-14)18(6)10-11-18/h19H,7-12H2,1-6H3. The van der Waals surface area contributed by atoms with Gasteiger partial charge >= 0.3 is 0 Å². The van der Waals surface area contributed by atoms with Gasteiger partial charge in [-0.15, -0.1) is 0 Å². The summed E-state index contributed by atoms with van der Waals surface area (Å²) < 4.78 is 0. The van der Waals surface area contributed by atoms with E-state index < -0.39 is 0 Å². The van der Waals surface area contributed by atoms with Gasteiger partial charge < -0.3 is 5.32 Å². The zero-order valence-corrected chi connectivity index (χ0v) is 14.6. The van der Waals surface area contributed by atoms with Crippen molar-refractivity contribution in [1.29, 1.82) is 0 Å². The summed E-state index contributed by atoms with van der Waals surface area (Å²) in [6, 6.07) is 0. The Balaban J connectivity index is 2.22. The van der Waals surface area contributed by atoms with Crippen molar-refractivity contribution in [3.05, 3.63) is 22.8 Å². The molecule has 1 fully saturated rings. The van der Waals surface area contributed by atoms with Crippen LogP contribution in [0.5, 0.6) is 0 Å². The number of aryl methyl sites for hydroxylation is 2. The van der Waals surface area contributed by atoms with Crippen molar-refractivity contribution in [3.8, 4) is 0 Å². The first-order valence-electron chi connectivity index (χ1n) is 8.43. The summed E-state index contributed by atoms with van der Waals surface area (Å²) in [5.41, 5.74) is 4.34. The van der Waals surface area contributed by atoms with Crippen LogP contribution >= 0.6 is 0 Å². The second-order valence-electron chi connectivity index (χ2n) is 7.61. The van der Waals surface area contributed by atoms with Gasteiger partial charge in [-0.25, -0.2) is 9.97 Å². The lowest BCUT2D eigenvalue weighted by Gasteiger charge is -2.22. The van der Waals surface area contributed by atoms with E-state index >= 15 is 0 Å². The van der Waals surface area contributed by atoms with Gasteiger partial charge in [0.05, 0.1) is 0 Å². The Hall–Kier alpha value is -0.960. The fourth-order valence-electron chi connectivity index (χ4n) is 2.70. The van der Waals surface area contributed by atoms with E-state index in [0.29, 0.717) is 0 Å². The van der Waals surface area contributed by atoms with E-state index in [9.17, 15) is 0 Å². The third-order valence-corrected chi connectivity index (χ3v) is 4.42. The van der Waals surface area contributed by atoms with Gasteiger partial charge in [-0.1, -0.05) is 20.8 Å². The molecular formula is C18H31N3. The van der Waals surface area contributed by atoms with Crippen molar-refractivity contribution < 1.29 is 0 Å². The molecule has 1 aromatic rings. The summed E-state index contributed by atoms with van der Waals surface area (Å²) in [5.74, 6) is 1.09. The Bertz CT molecular complexity index is 471. The molecule has 2 rings (SSSR count). The minimum atomic E-state index is 0.168. The first kappa shape index (κ1) is 16.4. The fourth-order valence-corrected chi connectivity index (χ4v) is 2.70. The molecule has 0 aromatic carbocycles. The summed E-state index contributed by atoms with van der Waals surface area (Å²) in [5, 5.41) is 3.57. The minimum absolute atomic E-state index is 0.168. The maximum absolute atomic E-state index is 4.91. The molecule has 0 amide bonds. The Morgan fingerprint density at radius 3 is 1.95 bits per heavy atom. The lowest BCUT2D eigenvalue weighted by atomic mass is 10.0. The molecule has 1 N–H and O–H groups in total. The SMILES string of the molecule is CCc1nc(C2(C)CC2)nc(CC)c1CCNC(C)(C)C. The first-order chi connectivity index (χ1) is 9.79. The molecule has 0 spiro atoms. The molecule has 118 valence electrons. The lowest BCUT2D eigenvalue weighted by molar-refractivity contribution is 0.428. The van der Waals surface area contributed by atoms with Crippen molar-refractivity contribution in [2.45, 2.75) is 84.6 Å². The normalized spacial score (nSPS) is 17.0. The minimum Gasteiger partial charge on any atom is -0.312 e. The van der Waals surface area contributed by atoms with Crippen LogP contribution in [0.2, 0.25) is 0 Å². The van der Waals surface area contributed by atoms with Gasteiger partial charge in [0.2, 0.25) is 0 Å². The van der Waals surface area contributed by atoms with Crippen LogP contribution in [0.3, 0.4) is 0 Å². The Labute approximate surface area is 130 Å². The zero-order valence-electron chi connectivity index (χ0n) is 14.6. The summed E-state index contributed by atoms with van der Waals surface area (Å²) in [7, 11) is 0. The van der Waals surface area contributed by atoms with Gasteiger partial charge in [0.1, 0.15) is 5.82 Å². The molecule has 0 unspecified atom stereocenters. The quantitative estimate of drug-likeness (QED) is 0.870. The number of rotatable bonds is 6. The highest BCUT2D eigenvalue weighted by atomic mass is 15.0. The second kappa shape index (κ2) is 6.04. The first-order valence-corrected chi connectivity index (χ1v) is 8.43. The van der Waals surface area contributed by atoms with Crippen LogP contribution in [0.15, 0.2) is 0 Å². The Kier molecular flexibility index (Phi) is 4.72. The predicted octanol–water partition coefficient (Wildman–Crippen LogP) is 3.58. The van der Waals surface area contributed by atoms with E-state index in [-0.39, 0.29) is 11.0 Å². The van der Waals surface area contributed by atoms with Gasteiger partial charge in [0, 0.05) is 22.3 Å². The topological polar surface area (TPSA) is 37.8 Å². The third-order valence-electron chi connectivity index (χ3n) is 4.42. The fraction of sp³-hybridized carbons (Fsp3) is 0.778. The molecule has 0 atom stereocenters. The monoisotopic (exact) mass is 289 g/mol. The van der Waals surface area contributed by atoms with Gasteiger partial charge in [0.25, 0.3) is 0 Å². The molecule has 21 heavy (non-hydrogen) atoms. The van der Waals surface area contributed by atoms with Crippen LogP contribution in [0.1, 0.15) is 77.2 Å². The molecule has 0 radical (unpaired) electrons.